The summed E-state index contributed by atoms with van der Waals surface area (Å²) in [7, 11) is 0. The quantitative estimate of drug-likeness (QED) is 0.703. The van der Waals surface area contributed by atoms with E-state index in [4.69, 9.17) is 23.2 Å². The summed E-state index contributed by atoms with van der Waals surface area (Å²) in [5, 5.41) is 11.2. The maximum atomic E-state index is 11.4. The molecule has 5 heteroatoms. The third-order valence-electron chi connectivity index (χ3n) is 3.69. The summed E-state index contributed by atoms with van der Waals surface area (Å²) in [6.45, 7) is 2.69. The molecule has 3 nitrogen and oxygen atoms in total. The number of hydrogen-bond donors (Lipinski definition) is 1. The number of carboxylic acid groups (broad SMARTS) is 1. The molecule has 0 saturated carbocycles. The van der Waals surface area contributed by atoms with E-state index in [1.165, 1.54) is 0 Å². The maximum absolute atomic E-state index is 11.4. The van der Waals surface area contributed by atoms with Crippen LogP contribution in [0.2, 0.25) is 10.0 Å². The van der Waals surface area contributed by atoms with Crippen LogP contribution in [-0.4, -0.2) is 15.6 Å². The number of aromatic carboxylic acids is 1. The molecule has 2 aromatic carbocycles. The minimum absolute atomic E-state index is 0.295. The molecule has 0 aliphatic rings. The number of rotatable bonds is 3. The molecule has 112 valence electrons. The predicted molar refractivity (Wildman–Crippen MR) is 90.0 cm³/mol. The number of aromatic nitrogens is 1. The first-order valence-corrected chi connectivity index (χ1v) is 7.58. The first-order chi connectivity index (χ1) is 10.5. The smallest absolute Gasteiger partial charge is 0.337 e. The minimum Gasteiger partial charge on any atom is -0.478 e. The molecule has 0 amide bonds. The lowest BCUT2D eigenvalue weighted by atomic mass is 10.0. The second-order valence-corrected chi connectivity index (χ2v) is 5.83. The van der Waals surface area contributed by atoms with E-state index in [-0.39, 0.29) is 0 Å². The number of fused-ring (bicyclic) bond motifs is 1. The van der Waals surface area contributed by atoms with Crippen LogP contribution in [0.5, 0.6) is 0 Å². The van der Waals surface area contributed by atoms with Gasteiger partial charge in [0.15, 0.2) is 0 Å². The molecule has 0 unspecified atom stereocenters. The van der Waals surface area contributed by atoms with Gasteiger partial charge in [0.2, 0.25) is 0 Å². The number of aryl methyl sites for hydroxylation is 1. The standard InChI is InChI=1S/C17H13Cl2NO2/c1-2-20-9-14(17(21)22)13-7-10(3-6-16(13)20)12-5-4-11(18)8-15(12)19/h3-9H,2H2,1H3,(H,21,22). The van der Waals surface area contributed by atoms with Gasteiger partial charge < -0.3 is 9.67 Å². The first-order valence-electron chi connectivity index (χ1n) is 6.83. The van der Waals surface area contributed by atoms with Gasteiger partial charge in [-0.2, -0.15) is 0 Å². The van der Waals surface area contributed by atoms with Gasteiger partial charge >= 0.3 is 5.97 Å². The van der Waals surface area contributed by atoms with Gasteiger partial charge in [0.05, 0.1) is 5.56 Å². The second-order valence-electron chi connectivity index (χ2n) is 4.99. The van der Waals surface area contributed by atoms with Crippen molar-refractivity contribution < 1.29 is 9.90 Å². The van der Waals surface area contributed by atoms with Crippen LogP contribution in [0.15, 0.2) is 42.6 Å². The van der Waals surface area contributed by atoms with Crippen molar-refractivity contribution in [3.63, 3.8) is 0 Å². The van der Waals surface area contributed by atoms with E-state index in [2.05, 4.69) is 0 Å². The molecule has 0 saturated heterocycles. The van der Waals surface area contributed by atoms with Gasteiger partial charge in [0, 0.05) is 39.3 Å². The fourth-order valence-corrected chi connectivity index (χ4v) is 3.14. The SMILES string of the molecule is CCn1cc(C(=O)O)c2cc(-c3ccc(Cl)cc3Cl)ccc21. The lowest BCUT2D eigenvalue weighted by Crippen LogP contribution is -1.94. The zero-order valence-electron chi connectivity index (χ0n) is 11.8. The Morgan fingerprint density at radius 3 is 2.59 bits per heavy atom. The third kappa shape index (κ3) is 2.47. The van der Waals surface area contributed by atoms with Crippen molar-refractivity contribution in [3.8, 4) is 11.1 Å². The highest BCUT2D eigenvalue weighted by atomic mass is 35.5. The van der Waals surface area contributed by atoms with E-state index in [1.54, 1.807) is 18.3 Å². The van der Waals surface area contributed by atoms with Gasteiger partial charge in [0.25, 0.3) is 0 Å². The number of benzene rings is 2. The van der Waals surface area contributed by atoms with Crippen molar-refractivity contribution in [1.82, 2.24) is 4.57 Å². The monoisotopic (exact) mass is 333 g/mol. The second kappa shape index (κ2) is 5.67. The highest BCUT2D eigenvalue weighted by Gasteiger charge is 2.15. The summed E-state index contributed by atoms with van der Waals surface area (Å²) < 4.78 is 1.92. The largest absolute Gasteiger partial charge is 0.478 e. The van der Waals surface area contributed by atoms with Crippen LogP contribution >= 0.6 is 23.2 Å². The summed E-state index contributed by atoms with van der Waals surface area (Å²) in [6.07, 6.45) is 1.67. The number of hydrogen-bond acceptors (Lipinski definition) is 1. The Hall–Kier alpha value is -1.97. The van der Waals surface area contributed by atoms with E-state index in [1.807, 2.05) is 35.8 Å². The molecule has 0 spiro atoms. The summed E-state index contributed by atoms with van der Waals surface area (Å²) >= 11 is 12.2. The molecule has 3 rings (SSSR count). The maximum Gasteiger partial charge on any atom is 0.337 e. The lowest BCUT2D eigenvalue weighted by Gasteiger charge is -2.07. The molecule has 0 aliphatic heterocycles. The molecule has 22 heavy (non-hydrogen) atoms. The van der Waals surface area contributed by atoms with E-state index >= 15 is 0 Å². The summed E-state index contributed by atoms with van der Waals surface area (Å²) in [6, 6.07) is 11.0. The van der Waals surface area contributed by atoms with Crippen molar-refractivity contribution in [1.29, 1.82) is 0 Å². The van der Waals surface area contributed by atoms with Crippen LogP contribution in [0.1, 0.15) is 17.3 Å². The number of carbonyl (C=O) groups is 1. The summed E-state index contributed by atoms with van der Waals surface area (Å²) in [4.78, 5) is 11.4. The Balaban J connectivity index is 2.25. The van der Waals surface area contributed by atoms with Gasteiger partial charge in [0.1, 0.15) is 0 Å². The van der Waals surface area contributed by atoms with Crippen LogP contribution < -0.4 is 0 Å². The van der Waals surface area contributed by atoms with Crippen molar-refractivity contribution in [3.05, 3.63) is 58.2 Å². The molecule has 0 aliphatic carbocycles. The molecule has 3 aromatic rings. The van der Waals surface area contributed by atoms with Crippen molar-refractivity contribution in [2.75, 3.05) is 0 Å². The molecule has 1 N–H and O–H groups in total. The van der Waals surface area contributed by atoms with E-state index in [0.29, 0.717) is 27.5 Å². The molecular formula is C17H13Cl2NO2. The molecule has 0 fully saturated rings. The van der Waals surface area contributed by atoms with Crippen molar-refractivity contribution in [2.24, 2.45) is 0 Å². The zero-order valence-corrected chi connectivity index (χ0v) is 13.3. The Kier molecular flexibility index (Phi) is 3.85. The highest BCUT2D eigenvalue weighted by Crippen LogP contribution is 2.33. The Bertz CT molecular complexity index is 884. The van der Waals surface area contributed by atoms with Crippen LogP contribution in [0, 0.1) is 0 Å². The fraction of sp³-hybridized carbons (Fsp3) is 0.118. The van der Waals surface area contributed by atoms with Gasteiger partial charge in [-0.15, -0.1) is 0 Å². The molecule has 0 atom stereocenters. The first kappa shape index (κ1) is 14.9. The topological polar surface area (TPSA) is 42.2 Å². The predicted octanol–water partition coefficient (Wildman–Crippen LogP) is 5.33. The fourth-order valence-electron chi connectivity index (χ4n) is 2.62. The Morgan fingerprint density at radius 1 is 1.18 bits per heavy atom. The summed E-state index contributed by atoms with van der Waals surface area (Å²) in [5.41, 5.74) is 2.89. The molecule has 0 radical (unpaired) electrons. The van der Waals surface area contributed by atoms with E-state index in [0.717, 1.165) is 16.6 Å². The average molecular weight is 334 g/mol. The van der Waals surface area contributed by atoms with Crippen LogP contribution in [0.4, 0.5) is 0 Å². The number of halogens is 2. The minimum atomic E-state index is -0.934. The molecule has 0 bridgehead atoms. The van der Waals surface area contributed by atoms with Crippen LogP contribution in [0.3, 0.4) is 0 Å². The average Bonchev–Trinajstić information content (AvgIpc) is 2.85. The van der Waals surface area contributed by atoms with Crippen molar-refractivity contribution >= 4 is 40.1 Å². The summed E-state index contributed by atoms with van der Waals surface area (Å²) in [5.74, 6) is -0.934. The van der Waals surface area contributed by atoms with Crippen LogP contribution in [-0.2, 0) is 6.54 Å². The molecule has 1 aromatic heterocycles. The third-order valence-corrected chi connectivity index (χ3v) is 4.24. The van der Waals surface area contributed by atoms with E-state index < -0.39 is 5.97 Å². The van der Waals surface area contributed by atoms with Gasteiger partial charge in [-0.05, 0) is 36.8 Å². The molecule has 1 heterocycles. The lowest BCUT2D eigenvalue weighted by molar-refractivity contribution is 0.0699. The highest BCUT2D eigenvalue weighted by molar-refractivity contribution is 6.36. The number of carboxylic acids is 1. The van der Waals surface area contributed by atoms with Crippen LogP contribution in [0.25, 0.3) is 22.0 Å². The van der Waals surface area contributed by atoms with Gasteiger partial charge in [-0.25, -0.2) is 4.79 Å². The van der Waals surface area contributed by atoms with E-state index in [9.17, 15) is 9.90 Å². The normalized spacial score (nSPS) is 11.0. The van der Waals surface area contributed by atoms with Gasteiger partial charge in [-0.1, -0.05) is 35.3 Å². The van der Waals surface area contributed by atoms with Gasteiger partial charge in [-0.3, -0.25) is 0 Å². The number of nitrogens with zero attached hydrogens (tertiary/aromatic N) is 1. The zero-order chi connectivity index (χ0) is 15.9. The Labute approximate surface area is 137 Å². The van der Waals surface area contributed by atoms with Crippen molar-refractivity contribution in [2.45, 2.75) is 13.5 Å². The molecular weight excluding hydrogens is 321 g/mol. The Morgan fingerprint density at radius 2 is 1.95 bits per heavy atom.